The van der Waals surface area contributed by atoms with Gasteiger partial charge in [-0.15, -0.1) is 0 Å². The Labute approximate surface area is 217 Å². The first-order valence-corrected chi connectivity index (χ1v) is 14.5. The molecule has 0 heterocycles. The van der Waals surface area contributed by atoms with Gasteiger partial charge in [0, 0.05) is 0 Å². The molecule has 2 nitrogen and oxygen atoms in total. The first-order valence-electron chi connectivity index (χ1n) is 14.5. The minimum absolute atomic E-state index is 0.129. The fraction of sp³-hybridized carbons (Fsp3) is 0.588. The molecule has 0 spiro atoms. The summed E-state index contributed by atoms with van der Waals surface area (Å²) in [5, 5.41) is 23.0. The highest BCUT2D eigenvalue weighted by atomic mass is 16.3. The minimum Gasteiger partial charge on any atom is -0.393 e. The highest BCUT2D eigenvalue weighted by Gasteiger charge is 2.61. The molecule has 8 atom stereocenters. The van der Waals surface area contributed by atoms with Crippen LogP contribution in [0.4, 0.5) is 0 Å². The summed E-state index contributed by atoms with van der Waals surface area (Å²) in [5.41, 5.74) is 3.13. The number of aliphatic hydroxyl groups excluding tert-OH is 1. The van der Waals surface area contributed by atoms with Gasteiger partial charge in [0.15, 0.2) is 0 Å². The van der Waals surface area contributed by atoms with Gasteiger partial charge in [-0.3, -0.25) is 0 Å². The summed E-state index contributed by atoms with van der Waals surface area (Å²) < 4.78 is 0. The number of allylic oxidation sites excluding steroid dienone is 1. The van der Waals surface area contributed by atoms with E-state index in [0.717, 1.165) is 48.1 Å². The number of rotatable bonds is 4. The van der Waals surface area contributed by atoms with Crippen molar-refractivity contribution in [2.24, 2.45) is 40.4 Å². The van der Waals surface area contributed by atoms with Crippen LogP contribution in [0.15, 0.2) is 72.3 Å². The van der Waals surface area contributed by atoms with Crippen LogP contribution in [0.5, 0.6) is 0 Å². The van der Waals surface area contributed by atoms with Crippen LogP contribution in [0, 0.1) is 40.4 Å². The third kappa shape index (κ3) is 3.51. The highest BCUT2D eigenvalue weighted by molar-refractivity contribution is 5.37. The van der Waals surface area contributed by atoms with Gasteiger partial charge in [0.1, 0.15) is 5.60 Å². The lowest BCUT2D eigenvalue weighted by atomic mass is 9.46. The molecule has 2 aromatic carbocycles. The molecule has 4 aliphatic carbocycles. The maximum atomic E-state index is 12.6. The second-order valence-electron chi connectivity index (χ2n) is 13.2. The molecule has 2 N–H and O–H groups in total. The molecule has 0 bridgehead atoms. The van der Waals surface area contributed by atoms with Crippen molar-refractivity contribution in [2.75, 3.05) is 0 Å². The lowest BCUT2D eigenvalue weighted by Gasteiger charge is -2.59. The molecule has 2 heteroatoms. The van der Waals surface area contributed by atoms with Crippen molar-refractivity contribution in [3.05, 3.63) is 83.4 Å². The Bertz CT molecular complexity index is 1070. The summed E-state index contributed by atoms with van der Waals surface area (Å²) in [6, 6.07) is 20.8. The monoisotopic (exact) mass is 484 g/mol. The maximum Gasteiger partial charge on any atom is 0.117 e. The second kappa shape index (κ2) is 8.84. The van der Waals surface area contributed by atoms with Gasteiger partial charge in [-0.25, -0.2) is 0 Å². The van der Waals surface area contributed by atoms with Gasteiger partial charge in [0.2, 0.25) is 0 Å². The Morgan fingerprint density at radius 2 is 1.47 bits per heavy atom. The largest absolute Gasteiger partial charge is 0.393 e. The van der Waals surface area contributed by atoms with Crippen molar-refractivity contribution < 1.29 is 10.2 Å². The van der Waals surface area contributed by atoms with E-state index in [9.17, 15) is 10.2 Å². The summed E-state index contributed by atoms with van der Waals surface area (Å²) in [5.74, 6) is 2.83. The van der Waals surface area contributed by atoms with Crippen molar-refractivity contribution in [3.8, 4) is 0 Å². The van der Waals surface area contributed by atoms with E-state index in [-0.39, 0.29) is 22.9 Å². The van der Waals surface area contributed by atoms with Crippen LogP contribution in [-0.2, 0) is 5.60 Å². The third-order valence-electron chi connectivity index (χ3n) is 11.8. The van der Waals surface area contributed by atoms with Gasteiger partial charge in [-0.2, -0.15) is 0 Å². The first kappa shape index (κ1) is 24.4. The number of hydrogen-bond acceptors (Lipinski definition) is 2. The van der Waals surface area contributed by atoms with Crippen LogP contribution >= 0.6 is 0 Å². The fourth-order valence-electron chi connectivity index (χ4n) is 9.87. The lowest BCUT2D eigenvalue weighted by molar-refractivity contribution is -0.0838. The molecule has 0 radical (unpaired) electrons. The molecule has 36 heavy (non-hydrogen) atoms. The Kier molecular flexibility index (Phi) is 6.00. The van der Waals surface area contributed by atoms with E-state index in [2.05, 4.69) is 75.4 Å². The van der Waals surface area contributed by atoms with Gasteiger partial charge in [0.25, 0.3) is 0 Å². The second-order valence-corrected chi connectivity index (χ2v) is 13.2. The van der Waals surface area contributed by atoms with Gasteiger partial charge >= 0.3 is 0 Å². The van der Waals surface area contributed by atoms with Crippen LogP contribution in [0.2, 0.25) is 0 Å². The molecular formula is C34H44O2. The molecule has 0 aliphatic heterocycles. The predicted molar refractivity (Wildman–Crippen MR) is 146 cm³/mol. The molecule has 6 rings (SSSR count). The number of hydrogen-bond donors (Lipinski definition) is 2. The first-order chi connectivity index (χ1) is 17.3. The fourth-order valence-corrected chi connectivity index (χ4v) is 9.87. The summed E-state index contributed by atoms with van der Waals surface area (Å²) >= 11 is 0. The molecule has 192 valence electrons. The van der Waals surface area contributed by atoms with E-state index in [1.807, 2.05) is 12.1 Å². The molecule has 3 saturated carbocycles. The molecule has 0 amide bonds. The third-order valence-corrected chi connectivity index (χ3v) is 11.8. The Hall–Kier alpha value is -1.90. The predicted octanol–water partition coefficient (Wildman–Crippen LogP) is 7.50. The van der Waals surface area contributed by atoms with Crippen molar-refractivity contribution in [1.82, 2.24) is 0 Å². The summed E-state index contributed by atoms with van der Waals surface area (Å²) in [6.45, 7) is 7.42. The lowest BCUT2D eigenvalue weighted by Crippen LogP contribution is -2.52. The van der Waals surface area contributed by atoms with E-state index in [0.29, 0.717) is 5.92 Å². The molecule has 0 aromatic heterocycles. The number of benzene rings is 2. The van der Waals surface area contributed by atoms with E-state index < -0.39 is 5.60 Å². The zero-order valence-electron chi connectivity index (χ0n) is 22.4. The normalized spacial score (nSPS) is 38.9. The molecule has 0 saturated heterocycles. The van der Waals surface area contributed by atoms with Crippen LogP contribution in [-0.4, -0.2) is 16.3 Å². The molecule has 2 aromatic rings. The minimum atomic E-state index is -0.993. The maximum absolute atomic E-state index is 12.6. The molecule has 0 unspecified atom stereocenters. The van der Waals surface area contributed by atoms with E-state index in [1.54, 1.807) is 5.57 Å². The quantitative estimate of drug-likeness (QED) is 0.441. The van der Waals surface area contributed by atoms with Gasteiger partial charge in [0.05, 0.1) is 6.10 Å². The van der Waals surface area contributed by atoms with Crippen molar-refractivity contribution in [3.63, 3.8) is 0 Å². The Morgan fingerprint density at radius 1 is 0.833 bits per heavy atom. The van der Waals surface area contributed by atoms with Crippen LogP contribution < -0.4 is 0 Å². The SMILES string of the molecule is C[C@H]([C@H]1CC[C@H]2[C@@H]3CC=C4C[C@H](O)CC[C@]4(C)[C@H]3CC[C@]12C)C(O)(c1ccccc1)c1ccccc1. The van der Waals surface area contributed by atoms with Crippen LogP contribution in [0.1, 0.15) is 83.3 Å². The topological polar surface area (TPSA) is 40.5 Å². The Balaban J connectivity index is 1.34. The van der Waals surface area contributed by atoms with Crippen molar-refractivity contribution in [1.29, 1.82) is 0 Å². The van der Waals surface area contributed by atoms with E-state index >= 15 is 0 Å². The summed E-state index contributed by atoms with van der Waals surface area (Å²) in [4.78, 5) is 0. The number of aliphatic hydroxyl groups is 2. The zero-order chi connectivity index (χ0) is 25.1. The van der Waals surface area contributed by atoms with Crippen LogP contribution in [0.3, 0.4) is 0 Å². The molecule has 3 fully saturated rings. The van der Waals surface area contributed by atoms with Crippen LogP contribution in [0.25, 0.3) is 0 Å². The van der Waals surface area contributed by atoms with Crippen molar-refractivity contribution in [2.45, 2.75) is 83.8 Å². The van der Waals surface area contributed by atoms with E-state index in [1.165, 1.54) is 32.1 Å². The average molecular weight is 485 g/mol. The molecule has 4 aliphatic rings. The summed E-state index contributed by atoms with van der Waals surface area (Å²) in [7, 11) is 0. The average Bonchev–Trinajstić information content (AvgIpc) is 3.26. The molecular weight excluding hydrogens is 440 g/mol. The highest BCUT2D eigenvalue weighted by Crippen LogP contribution is 2.68. The van der Waals surface area contributed by atoms with E-state index in [4.69, 9.17) is 0 Å². The zero-order valence-corrected chi connectivity index (χ0v) is 22.4. The van der Waals surface area contributed by atoms with Gasteiger partial charge < -0.3 is 10.2 Å². The van der Waals surface area contributed by atoms with Gasteiger partial charge in [-0.1, -0.05) is 93.1 Å². The summed E-state index contributed by atoms with van der Waals surface area (Å²) in [6.07, 6.45) is 11.6. The number of fused-ring (bicyclic) bond motifs is 5. The van der Waals surface area contributed by atoms with Crippen molar-refractivity contribution >= 4 is 0 Å². The van der Waals surface area contributed by atoms with Gasteiger partial charge in [-0.05, 0) is 103 Å². The smallest absolute Gasteiger partial charge is 0.117 e. The Morgan fingerprint density at radius 3 is 2.11 bits per heavy atom. The standard InChI is InChI=1S/C34H44O2/c1-23(34(36,24-10-6-4-7-11-24)25-12-8-5-9-13-25)29-16-17-30-28-15-14-26-22-27(35)18-20-32(26,2)31(28)19-21-33(29,30)3/h4-14,23,27-31,35-36H,15-22H2,1-3H3/t23-,27-,28+,29-,30+,31+,32+,33-/m1/s1.